The maximum absolute atomic E-state index is 13.5. The Morgan fingerprint density at radius 2 is 1.71 bits per heavy atom. The third-order valence-electron chi connectivity index (χ3n) is 5.14. The van der Waals surface area contributed by atoms with Crippen molar-refractivity contribution in [3.63, 3.8) is 0 Å². The van der Waals surface area contributed by atoms with Gasteiger partial charge < -0.3 is 15.0 Å². The first-order chi connectivity index (χ1) is 15.7. The van der Waals surface area contributed by atoms with Crippen LogP contribution in [0.4, 0.5) is 5.69 Å². The molecule has 0 fully saturated rings. The summed E-state index contributed by atoms with van der Waals surface area (Å²) in [5.41, 5.74) is 1.72. The van der Waals surface area contributed by atoms with E-state index < -0.39 is 34.1 Å². The Balaban J connectivity index is 2.39. The van der Waals surface area contributed by atoms with Crippen LogP contribution in [0.5, 0.6) is 5.75 Å². The van der Waals surface area contributed by atoms with Gasteiger partial charge in [0.05, 0.1) is 19.1 Å². The Kier molecular flexibility index (Phi) is 8.72. The van der Waals surface area contributed by atoms with Crippen LogP contribution in [0.3, 0.4) is 0 Å². The lowest BCUT2D eigenvalue weighted by Gasteiger charge is -2.33. The van der Waals surface area contributed by atoms with Crippen LogP contribution in [0, 0.1) is 6.92 Å². The van der Waals surface area contributed by atoms with Crippen LogP contribution in [-0.2, 0) is 26.2 Å². The van der Waals surface area contributed by atoms with Gasteiger partial charge in [-0.3, -0.25) is 13.9 Å². The summed E-state index contributed by atoms with van der Waals surface area (Å²) in [6.45, 7) is 8.90. The fourth-order valence-corrected chi connectivity index (χ4v) is 4.28. The van der Waals surface area contributed by atoms with Gasteiger partial charge in [0.1, 0.15) is 18.3 Å². The average molecular weight is 490 g/mol. The molecular formula is C25H35N3O5S. The summed E-state index contributed by atoms with van der Waals surface area (Å²) >= 11 is 0. The van der Waals surface area contributed by atoms with Crippen molar-refractivity contribution in [3.05, 3.63) is 59.7 Å². The van der Waals surface area contributed by atoms with Crippen molar-refractivity contribution in [2.45, 2.75) is 52.7 Å². The second kappa shape index (κ2) is 10.9. The summed E-state index contributed by atoms with van der Waals surface area (Å²) in [4.78, 5) is 27.9. The highest BCUT2D eigenvalue weighted by Gasteiger charge is 2.31. The summed E-state index contributed by atoms with van der Waals surface area (Å²) in [5, 5.41) is 2.90. The Hall–Kier alpha value is -3.07. The predicted molar refractivity (Wildman–Crippen MR) is 134 cm³/mol. The Labute approximate surface area is 202 Å². The molecular weight excluding hydrogens is 454 g/mol. The molecule has 34 heavy (non-hydrogen) atoms. The highest BCUT2D eigenvalue weighted by atomic mass is 32.2. The maximum atomic E-state index is 13.5. The van der Waals surface area contributed by atoms with E-state index in [1.165, 1.54) is 12.0 Å². The summed E-state index contributed by atoms with van der Waals surface area (Å²) in [5.74, 6) is -0.236. The lowest BCUT2D eigenvalue weighted by atomic mass is 10.1. The first-order valence-corrected chi connectivity index (χ1v) is 12.8. The van der Waals surface area contributed by atoms with Gasteiger partial charge in [-0.15, -0.1) is 0 Å². The molecule has 0 aromatic heterocycles. The molecule has 9 heteroatoms. The molecule has 2 aromatic rings. The SMILES string of the molecule is COc1ccc(N(CC(=O)N(Cc2cccc(C)c2)C(C)C(=O)NC(C)(C)C)S(C)(=O)=O)cc1. The maximum Gasteiger partial charge on any atom is 0.244 e. The number of rotatable bonds is 9. The molecule has 0 radical (unpaired) electrons. The number of aryl methyl sites for hydroxylation is 1. The molecule has 2 aromatic carbocycles. The van der Waals surface area contributed by atoms with E-state index in [0.717, 1.165) is 21.7 Å². The van der Waals surface area contributed by atoms with Gasteiger partial charge in [0.2, 0.25) is 21.8 Å². The minimum Gasteiger partial charge on any atom is -0.497 e. The zero-order valence-corrected chi connectivity index (χ0v) is 21.8. The highest BCUT2D eigenvalue weighted by molar-refractivity contribution is 7.92. The van der Waals surface area contributed by atoms with Crippen molar-refractivity contribution in [2.24, 2.45) is 0 Å². The molecule has 2 amide bonds. The van der Waals surface area contributed by atoms with E-state index in [9.17, 15) is 18.0 Å². The van der Waals surface area contributed by atoms with E-state index in [2.05, 4.69) is 5.32 Å². The number of hydrogen-bond acceptors (Lipinski definition) is 5. The average Bonchev–Trinajstić information content (AvgIpc) is 2.73. The quantitative estimate of drug-likeness (QED) is 0.584. The molecule has 0 saturated heterocycles. The molecule has 0 aliphatic rings. The van der Waals surface area contributed by atoms with Crippen molar-refractivity contribution in [3.8, 4) is 5.75 Å². The van der Waals surface area contributed by atoms with Gasteiger partial charge in [-0.1, -0.05) is 29.8 Å². The number of amides is 2. The molecule has 0 heterocycles. The van der Waals surface area contributed by atoms with Gasteiger partial charge in [-0.05, 0) is 64.4 Å². The summed E-state index contributed by atoms with van der Waals surface area (Å²) in [6, 6.07) is 13.2. The van der Waals surface area contributed by atoms with E-state index in [1.807, 2.05) is 52.0 Å². The number of benzene rings is 2. The summed E-state index contributed by atoms with van der Waals surface area (Å²) in [6.07, 6.45) is 1.05. The van der Waals surface area contributed by atoms with Gasteiger partial charge in [-0.25, -0.2) is 8.42 Å². The van der Waals surface area contributed by atoms with Crippen molar-refractivity contribution >= 4 is 27.5 Å². The van der Waals surface area contributed by atoms with Crippen molar-refractivity contribution in [2.75, 3.05) is 24.2 Å². The normalized spacial score (nSPS) is 12.6. The predicted octanol–water partition coefficient (Wildman–Crippen LogP) is 3.10. The second-order valence-corrected chi connectivity index (χ2v) is 11.3. The molecule has 1 unspecified atom stereocenters. The topological polar surface area (TPSA) is 96.0 Å². The third kappa shape index (κ3) is 7.76. The Bertz CT molecular complexity index is 1110. The van der Waals surface area contributed by atoms with E-state index in [-0.39, 0.29) is 12.5 Å². The first kappa shape index (κ1) is 27.2. The number of methoxy groups -OCH3 is 1. The second-order valence-electron chi connectivity index (χ2n) is 9.39. The molecule has 0 aliphatic heterocycles. The smallest absolute Gasteiger partial charge is 0.244 e. The van der Waals surface area contributed by atoms with Gasteiger partial charge in [-0.2, -0.15) is 0 Å². The Morgan fingerprint density at radius 1 is 1.09 bits per heavy atom. The minimum atomic E-state index is -3.78. The fraction of sp³-hybridized carbons (Fsp3) is 0.440. The van der Waals surface area contributed by atoms with Crippen LogP contribution in [0.1, 0.15) is 38.8 Å². The molecule has 0 aliphatic carbocycles. The molecule has 2 rings (SSSR count). The molecule has 1 atom stereocenters. The molecule has 0 bridgehead atoms. The lowest BCUT2D eigenvalue weighted by Crippen LogP contribution is -2.54. The number of nitrogens with one attached hydrogen (secondary N) is 1. The standard InChI is InChI=1S/C25H35N3O5S/c1-18-9-8-10-20(15-18)16-27(19(2)24(30)26-25(3,4)5)23(29)17-28(34(7,31)32)21-11-13-22(33-6)14-12-21/h8-15,19H,16-17H2,1-7H3,(H,26,30). The van der Waals surface area contributed by atoms with Gasteiger partial charge in [0.25, 0.3) is 0 Å². The number of anilines is 1. The van der Waals surface area contributed by atoms with E-state index in [0.29, 0.717) is 11.4 Å². The van der Waals surface area contributed by atoms with E-state index >= 15 is 0 Å². The van der Waals surface area contributed by atoms with Crippen LogP contribution in [-0.4, -0.2) is 56.6 Å². The highest BCUT2D eigenvalue weighted by Crippen LogP contribution is 2.22. The zero-order valence-electron chi connectivity index (χ0n) is 21.0. The van der Waals surface area contributed by atoms with Crippen molar-refractivity contribution < 1.29 is 22.7 Å². The Morgan fingerprint density at radius 3 is 2.21 bits per heavy atom. The number of carbonyl (C=O) groups excluding carboxylic acids is 2. The minimum absolute atomic E-state index is 0.166. The number of carbonyl (C=O) groups is 2. The molecule has 1 N–H and O–H groups in total. The molecule has 0 saturated carbocycles. The monoisotopic (exact) mass is 489 g/mol. The van der Waals surface area contributed by atoms with Crippen LogP contribution < -0.4 is 14.4 Å². The van der Waals surface area contributed by atoms with Crippen LogP contribution in [0.2, 0.25) is 0 Å². The number of nitrogens with zero attached hydrogens (tertiary/aromatic N) is 2. The zero-order chi connectivity index (χ0) is 25.7. The van der Waals surface area contributed by atoms with Crippen LogP contribution in [0.25, 0.3) is 0 Å². The van der Waals surface area contributed by atoms with Crippen molar-refractivity contribution in [1.82, 2.24) is 10.2 Å². The lowest BCUT2D eigenvalue weighted by molar-refractivity contribution is -0.140. The number of hydrogen-bond donors (Lipinski definition) is 1. The first-order valence-electron chi connectivity index (χ1n) is 11.0. The van der Waals surface area contributed by atoms with Crippen LogP contribution >= 0.6 is 0 Å². The molecule has 186 valence electrons. The summed E-state index contributed by atoms with van der Waals surface area (Å²) < 4.78 is 31.3. The van der Waals surface area contributed by atoms with E-state index in [4.69, 9.17) is 4.74 Å². The van der Waals surface area contributed by atoms with E-state index in [1.54, 1.807) is 31.2 Å². The van der Waals surface area contributed by atoms with Crippen molar-refractivity contribution in [1.29, 1.82) is 0 Å². The van der Waals surface area contributed by atoms with Gasteiger partial charge in [0, 0.05) is 12.1 Å². The number of sulfonamides is 1. The van der Waals surface area contributed by atoms with Gasteiger partial charge in [0.15, 0.2) is 0 Å². The molecule has 8 nitrogen and oxygen atoms in total. The molecule has 0 spiro atoms. The largest absolute Gasteiger partial charge is 0.497 e. The number of ether oxygens (including phenoxy) is 1. The summed E-state index contributed by atoms with van der Waals surface area (Å²) in [7, 11) is -2.26. The fourth-order valence-electron chi connectivity index (χ4n) is 3.43. The van der Waals surface area contributed by atoms with Gasteiger partial charge >= 0.3 is 0 Å². The third-order valence-corrected chi connectivity index (χ3v) is 6.28. The van der Waals surface area contributed by atoms with Crippen LogP contribution in [0.15, 0.2) is 48.5 Å².